The van der Waals surface area contributed by atoms with E-state index in [2.05, 4.69) is 31.4 Å². The molecule has 0 bridgehead atoms. The molecule has 1 saturated heterocycles. The van der Waals surface area contributed by atoms with Crippen LogP contribution in [-0.2, 0) is 4.79 Å². The number of nitriles is 1. The summed E-state index contributed by atoms with van der Waals surface area (Å²) in [4.78, 5) is 23.3. The molecule has 3 aromatic rings. The van der Waals surface area contributed by atoms with Crippen molar-refractivity contribution in [2.24, 2.45) is 0 Å². The molecule has 1 aliphatic heterocycles. The molecule has 0 atom stereocenters. The molecule has 1 aliphatic rings. The topological polar surface area (TPSA) is 108 Å². The van der Waals surface area contributed by atoms with Gasteiger partial charge in [0.25, 0.3) is 0 Å². The van der Waals surface area contributed by atoms with E-state index in [9.17, 15) is 4.79 Å². The van der Waals surface area contributed by atoms with Gasteiger partial charge in [0, 0.05) is 25.1 Å². The fraction of sp³-hybridized carbons (Fsp3) is 0.318. The Kier molecular flexibility index (Phi) is 6.11. The van der Waals surface area contributed by atoms with Crippen LogP contribution in [0.4, 0.5) is 5.69 Å². The van der Waals surface area contributed by atoms with Crippen LogP contribution in [0.15, 0.2) is 53.2 Å². The van der Waals surface area contributed by atoms with Crippen LogP contribution in [0.5, 0.6) is 0 Å². The average molecular weight is 402 g/mol. The summed E-state index contributed by atoms with van der Waals surface area (Å²) < 4.78 is 5.47. The molecule has 0 unspecified atom stereocenters. The predicted octanol–water partition coefficient (Wildman–Crippen LogP) is 3.21. The van der Waals surface area contributed by atoms with Gasteiger partial charge in [-0.1, -0.05) is 23.4 Å². The van der Waals surface area contributed by atoms with Gasteiger partial charge < -0.3 is 14.7 Å². The standard InChI is InChI=1S/C22H22N6O2/c23-15-17-5-1-2-6-18(17)25-20(29)10-14-28-12-8-16(9-13-28)22-26-21(27-30-22)19-7-3-4-11-24-19/h1-7,11,16H,8-10,12-14H2,(H,25,29). The average Bonchev–Trinajstić information content (AvgIpc) is 3.29. The molecule has 8 nitrogen and oxygen atoms in total. The Labute approximate surface area is 174 Å². The molecule has 2 aromatic heterocycles. The molecule has 8 heteroatoms. The van der Waals surface area contributed by atoms with Crippen molar-refractivity contribution in [3.05, 3.63) is 60.1 Å². The van der Waals surface area contributed by atoms with Crippen molar-refractivity contribution in [3.63, 3.8) is 0 Å². The normalized spacial score (nSPS) is 14.9. The maximum absolute atomic E-state index is 12.3. The van der Waals surface area contributed by atoms with Crippen molar-refractivity contribution in [2.45, 2.75) is 25.2 Å². The van der Waals surface area contributed by atoms with Crippen molar-refractivity contribution in [2.75, 3.05) is 25.0 Å². The number of benzene rings is 1. The lowest BCUT2D eigenvalue weighted by molar-refractivity contribution is -0.116. The summed E-state index contributed by atoms with van der Waals surface area (Å²) in [7, 11) is 0. The SMILES string of the molecule is N#Cc1ccccc1NC(=O)CCN1CCC(c2nc(-c3ccccn3)no2)CC1. The quantitative estimate of drug-likeness (QED) is 0.674. The van der Waals surface area contributed by atoms with Gasteiger partial charge in [-0.25, -0.2) is 0 Å². The number of nitrogens with zero attached hydrogens (tertiary/aromatic N) is 5. The molecule has 1 fully saturated rings. The van der Waals surface area contributed by atoms with Gasteiger partial charge in [0.15, 0.2) is 0 Å². The lowest BCUT2D eigenvalue weighted by Gasteiger charge is -2.30. The first-order chi connectivity index (χ1) is 14.7. The maximum atomic E-state index is 12.3. The van der Waals surface area contributed by atoms with Gasteiger partial charge in [0.05, 0.1) is 11.3 Å². The second kappa shape index (κ2) is 9.29. The van der Waals surface area contributed by atoms with E-state index in [4.69, 9.17) is 9.78 Å². The number of amides is 1. The Hall–Kier alpha value is -3.57. The van der Waals surface area contributed by atoms with E-state index in [1.807, 2.05) is 18.2 Å². The summed E-state index contributed by atoms with van der Waals surface area (Å²) in [6, 6.07) is 14.7. The van der Waals surface area contributed by atoms with E-state index in [-0.39, 0.29) is 11.8 Å². The third-order valence-electron chi connectivity index (χ3n) is 5.25. The van der Waals surface area contributed by atoms with E-state index >= 15 is 0 Å². The highest BCUT2D eigenvalue weighted by molar-refractivity contribution is 5.92. The van der Waals surface area contributed by atoms with Crippen molar-refractivity contribution in [1.82, 2.24) is 20.0 Å². The predicted molar refractivity (Wildman–Crippen MR) is 110 cm³/mol. The van der Waals surface area contributed by atoms with Crippen molar-refractivity contribution in [1.29, 1.82) is 5.26 Å². The van der Waals surface area contributed by atoms with E-state index in [1.165, 1.54) is 0 Å². The van der Waals surface area contributed by atoms with Crippen LogP contribution in [0.3, 0.4) is 0 Å². The van der Waals surface area contributed by atoms with E-state index < -0.39 is 0 Å². The molecule has 30 heavy (non-hydrogen) atoms. The lowest BCUT2D eigenvalue weighted by atomic mass is 9.96. The fourth-order valence-electron chi connectivity index (χ4n) is 3.57. The molecule has 0 saturated carbocycles. The molecule has 1 amide bonds. The third-order valence-corrected chi connectivity index (χ3v) is 5.25. The van der Waals surface area contributed by atoms with E-state index in [0.717, 1.165) is 25.9 Å². The van der Waals surface area contributed by atoms with Crippen molar-refractivity contribution >= 4 is 11.6 Å². The molecular weight excluding hydrogens is 380 g/mol. The van der Waals surface area contributed by atoms with Gasteiger partial charge >= 0.3 is 0 Å². The molecular formula is C22H22N6O2. The first-order valence-electron chi connectivity index (χ1n) is 9.99. The minimum Gasteiger partial charge on any atom is -0.339 e. The highest BCUT2D eigenvalue weighted by Gasteiger charge is 2.25. The number of carbonyl (C=O) groups excluding carboxylic acids is 1. The number of hydrogen-bond acceptors (Lipinski definition) is 7. The second-order valence-corrected chi connectivity index (χ2v) is 7.24. The van der Waals surface area contributed by atoms with E-state index in [0.29, 0.717) is 41.6 Å². The minimum atomic E-state index is -0.0864. The van der Waals surface area contributed by atoms with Crippen LogP contribution in [0.2, 0.25) is 0 Å². The van der Waals surface area contributed by atoms with Gasteiger partial charge in [0.2, 0.25) is 17.6 Å². The molecule has 0 radical (unpaired) electrons. The number of rotatable bonds is 6. The number of carbonyl (C=O) groups is 1. The van der Waals surface area contributed by atoms with Crippen LogP contribution in [0, 0.1) is 11.3 Å². The highest BCUT2D eigenvalue weighted by Crippen LogP contribution is 2.28. The Balaban J connectivity index is 1.25. The summed E-state index contributed by atoms with van der Waals surface area (Å²) in [5.74, 6) is 1.31. The maximum Gasteiger partial charge on any atom is 0.230 e. The third kappa shape index (κ3) is 4.70. The van der Waals surface area contributed by atoms with Crippen LogP contribution < -0.4 is 5.32 Å². The van der Waals surface area contributed by atoms with Crippen LogP contribution in [0.25, 0.3) is 11.5 Å². The van der Waals surface area contributed by atoms with Crippen molar-refractivity contribution < 1.29 is 9.32 Å². The number of hydrogen-bond donors (Lipinski definition) is 1. The first kappa shape index (κ1) is 19.7. The zero-order chi connectivity index (χ0) is 20.8. The summed E-state index contributed by atoms with van der Waals surface area (Å²) in [6.45, 7) is 2.42. The summed E-state index contributed by atoms with van der Waals surface area (Å²) in [6.07, 6.45) is 3.90. The summed E-state index contributed by atoms with van der Waals surface area (Å²) >= 11 is 0. The van der Waals surface area contributed by atoms with Crippen LogP contribution in [0.1, 0.15) is 36.6 Å². The Morgan fingerprint density at radius 1 is 1.20 bits per heavy atom. The largest absolute Gasteiger partial charge is 0.339 e. The Bertz CT molecular complexity index is 1040. The van der Waals surface area contributed by atoms with Crippen LogP contribution >= 0.6 is 0 Å². The smallest absolute Gasteiger partial charge is 0.230 e. The number of pyridine rings is 1. The zero-order valence-electron chi connectivity index (χ0n) is 16.5. The molecule has 152 valence electrons. The summed E-state index contributed by atoms with van der Waals surface area (Å²) in [5, 5.41) is 16.0. The Morgan fingerprint density at radius 2 is 2.00 bits per heavy atom. The van der Waals surface area contributed by atoms with Gasteiger partial charge in [-0.05, 0) is 50.2 Å². The molecule has 0 spiro atoms. The minimum absolute atomic E-state index is 0.0864. The Morgan fingerprint density at radius 3 is 2.77 bits per heavy atom. The van der Waals surface area contributed by atoms with Gasteiger partial charge in [-0.2, -0.15) is 10.2 Å². The number of aromatic nitrogens is 3. The number of piperidine rings is 1. The molecule has 4 rings (SSSR count). The second-order valence-electron chi connectivity index (χ2n) is 7.24. The van der Waals surface area contributed by atoms with Crippen LogP contribution in [-0.4, -0.2) is 45.6 Å². The number of anilines is 1. The summed E-state index contributed by atoms with van der Waals surface area (Å²) in [5.41, 5.74) is 1.73. The molecule has 1 aromatic carbocycles. The van der Waals surface area contributed by atoms with Gasteiger partial charge in [0.1, 0.15) is 11.8 Å². The number of likely N-dealkylation sites (tertiary alicyclic amines) is 1. The highest BCUT2D eigenvalue weighted by atomic mass is 16.5. The number of nitrogens with one attached hydrogen (secondary N) is 1. The van der Waals surface area contributed by atoms with Gasteiger partial charge in [-0.15, -0.1) is 0 Å². The fourth-order valence-corrected chi connectivity index (χ4v) is 3.57. The molecule has 3 heterocycles. The lowest BCUT2D eigenvalue weighted by Crippen LogP contribution is -2.35. The van der Waals surface area contributed by atoms with Gasteiger partial charge in [-0.3, -0.25) is 9.78 Å². The molecule has 0 aliphatic carbocycles. The first-order valence-corrected chi connectivity index (χ1v) is 9.99. The monoisotopic (exact) mass is 402 g/mol. The van der Waals surface area contributed by atoms with E-state index in [1.54, 1.807) is 30.5 Å². The molecule has 1 N–H and O–H groups in total. The van der Waals surface area contributed by atoms with Crippen molar-refractivity contribution in [3.8, 4) is 17.6 Å². The number of para-hydroxylation sites is 1. The zero-order valence-corrected chi connectivity index (χ0v) is 16.5.